The van der Waals surface area contributed by atoms with Gasteiger partial charge in [0, 0.05) is 4.47 Å². The first-order chi connectivity index (χ1) is 9.42. The summed E-state index contributed by atoms with van der Waals surface area (Å²) in [5, 5.41) is 0.450. The van der Waals surface area contributed by atoms with E-state index in [4.69, 9.17) is 11.6 Å². The van der Waals surface area contributed by atoms with Crippen molar-refractivity contribution in [3.63, 3.8) is 0 Å². The van der Waals surface area contributed by atoms with Gasteiger partial charge in [0.1, 0.15) is 0 Å². The van der Waals surface area contributed by atoms with Crippen molar-refractivity contribution in [3.05, 3.63) is 57.5 Å². The molecule has 0 spiro atoms. The van der Waals surface area contributed by atoms with E-state index in [9.17, 15) is 8.42 Å². The molecule has 0 aromatic heterocycles. The quantitative estimate of drug-likeness (QED) is 0.858. The summed E-state index contributed by atoms with van der Waals surface area (Å²) in [4.78, 5) is 0.230. The molecule has 2 aromatic rings. The molecule has 0 aliphatic heterocycles. The zero-order chi connectivity index (χ0) is 14.8. The summed E-state index contributed by atoms with van der Waals surface area (Å²) in [5.41, 5.74) is 1.52. The van der Waals surface area contributed by atoms with Crippen LogP contribution in [-0.4, -0.2) is 8.42 Å². The van der Waals surface area contributed by atoms with E-state index >= 15 is 0 Å². The molecular weight excluding hydrogens is 362 g/mol. The summed E-state index contributed by atoms with van der Waals surface area (Å²) >= 11 is 9.21. The Morgan fingerprint density at radius 2 is 1.80 bits per heavy atom. The van der Waals surface area contributed by atoms with Crippen LogP contribution in [0, 0.1) is 0 Å². The first kappa shape index (κ1) is 15.4. The summed E-state index contributed by atoms with van der Waals surface area (Å²) in [6, 6.07) is 11.7. The molecule has 2 aromatic carbocycles. The van der Waals surface area contributed by atoms with Gasteiger partial charge in [-0.05, 0) is 58.2 Å². The number of nitrogens with one attached hydrogen (secondary N) is 1. The molecule has 106 valence electrons. The number of anilines is 1. The molecule has 0 aliphatic rings. The van der Waals surface area contributed by atoms with Crippen LogP contribution in [-0.2, 0) is 16.4 Å². The number of sulfonamides is 1. The van der Waals surface area contributed by atoms with Crippen LogP contribution in [0.5, 0.6) is 0 Å². The molecule has 0 fully saturated rings. The summed E-state index contributed by atoms with van der Waals surface area (Å²) in [5.74, 6) is 0. The standard InChI is InChI=1S/C14H13BrClNO2S/c1-2-10-3-6-12(7-4-10)20(18,19)17-11-5-8-13(15)14(16)9-11/h3-9,17H,2H2,1H3. The molecule has 20 heavy (non-hydrogen) atoms. The van der Waals surface area contributed by atoms with Crippen molar-refractivity contribution in [3.8, 4) is 0 Å². The summed E-state index contributed by atoms with van der Waals surface area (Å²) in [7, 11) is -3.59. The SMILES string of the molecule is CCc1ccc(S(=O)(=O)Nc2ccc(Br)c(Cl)c2)cc1. The topological polar surface area (TPSA) is 46.2 Å². The summed E-state index contributed by atoms with van der Waals surface area (Å²) in [6.45, 7) is 2.02. The zero-order valence-corrected chi connectivity index (χ0v) is 13.9. The maximum Gasteiger partial charge on any atom is 0.261 e. The monoisotopic (exact) mass is 373 g/mol. The minimum absolute atomic E-state index is 0.230. The van der Waals surface area contributed by atoms with Crippen LogP contribution in [0.3, 0.4) is 0 Å². The molecule has 0 saturated heterocycles. The zero-order valence-electron chi connectivity index (χ0n) is 10.7. The van der Waals surface area contributed by atoms with E-state index in [0.29, 0.717) is 10.7 Å². The fourth-order valence-electron chi connectivity index (χ4n) is 1.68. The van der Waals surface area contributed by atoms with E-state index in [1.807, 2.05) is 19.1 Å². The van der Waals surface area contributed by atoms with Gasteiger partial charge >= 0.3 is 0 Å². The molecule has 0 heterocycles. The minimum atomic E-state index is -3.59. The molecule has 0 amide bonds. The molecule has 3 nitrogen and oxygen atoms in total. The predicted octanol–water partition coefficient (Wildman–Crippen LogP) is 4.47. The average Bonchev–Trinajstić information content (AvgIpc) is 2.43. The highest BCUT2D eigenvalue weighted by atomic mass is 79.9. The van der Waals surface area contributed by atoms with E-state index < -0.39 is 10.0 Å². The molecule has 2 rings (SSSR count). The van der Waals surface area contributed by atoms with E-state index in [2.05, 4.69) is 20.7 Å². The van der Waals surface area contributed by atoms with Crippen molar-refractivity contribution in [1.82, 2.24) is 0 Å². The van der Waals surface area contributed by atoms with Crippen LogP contribution in [0.2, 0.25) is 5.02 Å². The lowest BCUT2D eigenvalue weighted by Crippen LogP contribution is -2.12. The minimum Gasteiger partial charge on any atom is -0.280 e. The number of aryl methyl sites for hydroxylation is 1. The number of rotatable bonds is 4. The van der Waals surface area contributed by atoms with Gasteiger partial charge in [0.2, 0.25) is 0 Å². The normalized spacial score (nSPS) is 11.3. The fraction of sp³-hybridized carbons (Fsp3) is 0.143. The van der Waals surface area contributed by atoms with E-state index in [1.165, 1.54) is 0 Å². The number of hydrogen-bond acceptors (Lipinski definition) is 2. The largest absolute Gasteiger partial charge is 0.280 e. The van der Waals surface area contributed by atoms with Gasteiger partial charge in [-0.1, -0.05) is 30.7 Å². The van der Waals surface area contributed by atoms with Crippen molar-refractivity contribution in [2.24, 2.45) is 0 Å². The van der Waals surface area contributed by atoms with Crippen LogP contribution in [0.25, 0.3) is 0 Å². The van der Waals surface area contributed by atoms with Gasteiger partial charge in [-0.2, -0.15) is 0 Å². The van der Waals surface area contributed by atoms with Crippen LogP contribution in [0.4, 0.5) is 5.69 Å². The van der Waals surface area contributed by atoms with Crippen molar-refractivity contribution >= 4 is 43.2 Å². The molecule has 0 bridgehead atoms. The van der Waals surface area contributed by atoms with Gasteiger partial charge in [-0.15, -0.1) is 0 Å². The molecule has 0 unspecified atom stereocenters. The summed E-state index contributed by atoms with van der Waals surface area (Å²) < 4.78 is 27.7. The fourth-order valence-corrected chi connectivity index (χ4v) is 3.15. The molecule has 6 heteroatoms. The Morgan fingerprint density at radius 1 is 1.15 bits per heavy atom. The van der Waals surface area contributed by atoms with E-state index in [1.54, 1.807) is 30.3 Å². The molecular formula is C14H13BrClNO2S. The van der Waals surface area contributed by atoms with Crippen molar-refractivity contribution < 1.29 is 8.42 Å². The van der Waals surface area contributed by atoms with Crippen molar-refractivity contribution in [1.29, 1.82) is 0 Å². The predicted molar refractivity (Wildman–Crippen MR) is 85.8 cm³/mol. The Morgan fingerprint density at radius 3 is 2.35 bits per heavy atom. The second kappa shape index (κ2) is 6.16. The number of benzene rings is 2. The number of halogens is 2. The van der Waals surface area contributed by atoms with Crippen LogP contribution >= 0.6 is 27.5 Å². The van der Waals surface area contributed by atoms with Gasteiger partial charge in [0.05, 0.1) is 15.6 Å². The van der Waals surface area contributed by atoms with Crippen molar-refractivity contribution in [2.75, 3.05) is 4.72 Å². The second-order valence-electron chi connectivity index (χ2n) is 4.23. The highest BCUT2D eigenvalue weighted by Crippen LogP contribution is 2.26. The van der Waals surface area contributed by atoms with Gasteiger partial charge in [0.15, 0.2) is 0 Å². The molecule has 0 aliphatic carbocycles. The summed E-state index contributed by atoms with van der Waals surface area (Å²) in [6.07, 6.45) is 0.871. The van der Waals surface area contributed by atoms with Gasteiger partial charge in [-0.25, -0.2) is 8.42 Å². The molecule has 0 saturated carbocycles. The van der Waals surface area contributed by atoms with E-state index in [-0.39, 0.29) is 4.90 Å². The Labute approximate surface area is 132 Å². The van der Waals surface area contributed by atoms with Crippen LogP contribution < -0.4 is 4.72 Å². The second-order valence-corrected chi connectivity index (χ2v) is 7.18. The first-order valence-corrected chi connectivity index (χ1v) is 8.64. The smallest absolute Gasteiger partial charge is 0.261 e. The van der Waals surface area contributed by atoms with Crippen LogP contribution in [0.15, 0.2) is 51.8 Å². The first-order valence-electron chi connectivity index (χ1n) is 5.99. The maximum absolute atomic E-state index is 12.2. The maximum atomic E-state index is 12.2. The number of hydrogen-bond donors (Lipinski definition) is 1. The van der Waals surface area contributed by atoms with E-state index in [0.717, 1.165) is 16.5 Å². The lowest BCUT2D eigenvalue weighted by Gasteiger charge is -2.09. The highest BCUT2D eigenvalue weighted by Gasteiger charge is 2.14. The lowest BCUT2D eigenvalue weighted by molar-refractivity contribution is 0.601. The highest BCUT2D eigenvalue weighted by molar-refractivity contribution is 9.10. The third-order valence-corrected chi connectivity index (χ3v) is 5.44. The third-order valence-electron chi connectivity index (χ3n) is 2.81. The Kier molecular flexibility index (Phi) is 4.73. The van der Waals surface area contributed by atoms with Crippen LogP contribution in [0.1, 0.15) is 12.5 Å². The third kappa shape index (κ3) is 3.53. The van der Waals surface area contributed by atoms with Gasteiger partial charge < -0.3 is 0 Å². The van der Waals surface area contributed by atoms with Crippen molar-refractivity contribution in [2.45, 2.75) is 18.2 Å². The molecule has 0 atom stereocenters. The van der Waals surface area contributed by atoms with Gasteiger partial charge in [-0.3, -0.25) is 4.72 Å². The molecule has 1 N–H and O–H groups in total. The lowest BCUT2D eigenvalue weighted by atomic mass is 10.2. The average molecular weight is 375 g/mol. The van der Waals surface area contributed by atoms with Gasteiger partial charge in [0.25, 0.3) is 10.0 Å². The molecule has 0 radical (unpaired) electrons. The Balaban J connectivity index is 2.27. The Hall–Kier alpha value is -1.04. The Bertz CT molecular complexity index is 714.